The Bertz CT molecular complexity index is 495. The maximum Gasteiger partial charge on any atom is 0.277 e. The van der Waals surface area contributed by atoms with Gasteiger partial charge < -0.3 is 4.74 Å². The van der Waals surface area contributed by atoms with Gasteiger partial charge in [0.2, 0.25) is 0 Å². The molecule has 20 heavy (non-hydrogen) atoms. The highest BCUT2D eigenvalue weighted by Crippen LogP contribution is 2.18. The van der Waals surface area contributed by atoms with E-state index in [0.717, 1.165) is 29.0 Å². The van der Waals surface area contributed by atoms with E-state index in [9.17, 15) is 4.79 Å². The first-order valence-corrected chi connectivity index (χ1v) is 6.97. The van der Waals surface area contributed by atoms with E-state index in [4.69, 9.17) is 4.74 Å². The number of ether oxygens (including phenoxy) is 1. The number of amides is 1. The fourth-order valence-electron chi connectivity index (χ4n) is 1.59. The second kappa shape index (κ2) is 7.68. The smallest absolute Gasteiger partial charge is 0.277 e. The maximum absolute atomic E-state index is 11.7. The highest BCUT2D eigenvalue weighted by atomic mass is 16.5. The number of carbonyl (C=O) groups excluding carboxylic acids is 1. The van der Waals surface area contributed by atoms with E-state index in [1.54, 1.807) is 0 Å². The highest BCUT2D eigenvalue weighted by Gasteiger charge is 2.06. The number of aryl methyl sites for hydroxylation is 2. The van der Waals surface area contributed by atoms with Gasteiger partial charge in [-0.2, -0.15) is 5.10 Å². The van der Waals surface area contributed by atoms with Crippen LogP contribution in [0.1, 0.15) is 38.3 Å². The SMILES string of the molecule is CC[C@H](C)/C(C)=N\NC(=O)COc1cc(C)ccc1C. The Morgan fingerprint density at radius 3 is 2.75 bits per heavy atom. The molecule has 0 unspecified atom stereocenters. The largest absolute Gasteiger partial charge is 0.483 e. The average Bonchev–Trinajstić information content (AvgIpc) is 2.44. The summed E-state index contributed by atoms with van der Waals surface area (Å²) in [7, 11) is 0. The van der Waals surface area contributed by atoms with E-state index >= 15 is 0 Å². The highest BCUT2D eigenvalue weighted by molar-refractivity contribution is 5.86. The van der Waals surface area contributed by atoms with Crippen molar-refractivity contribution in [2.75, 3.05) is 6.61 Å². The molecule has 0 bridgehead atoms. The van der Waals surface area contributed by atoms with Crippen LogP contribution < -0.4 is 10.2 Å². The van der Waals surface area contributed by atoms with Gasteiger partial charge in [-0.15, -0.1) is 0 Å². The van der Waals surface area contributed by atoms with Crippen LogP contribution in [0.3, 0.4) is 0 Å². The summed E-state index contributed by atoms with van der Waals surface area (Å²) in [6.45, 7) is 10.0. The lowest BCUT2D eigenvalue weighted by Gasteiger charge is -2.10. The number of hydrazone groups is 1. The molecule has 1 aromatic rings. The van der Waals surface area contributed by atoms with Crippen LogP contribution in [0.15, 0.2) is 23.3 Å². The summed E-state index contributed by atoms with van der Waals surface area (Å²) in [6, 6.07) is 5.92. The molecule has 0 radical (unpaired) electrons. The van der Waals surface area contributed by atoms with Gasteiger partial charge in [0, 0.05) is 5.71 Å². The molecule has 0 spiro atoms. The lowest BCUT2D eigenvalue weighted by atomic mass is 10.1. The standard InChI is InChI=1S/C16H24N2O2/c1-6-12(3)14(5)17-18-16(19)10-20-15-9-11(2)7-8-13(15)4/h7-9,12H,6,10H2,1-5H3,(H,18,19)/b17-14-/t12-/m0/s1. The fraction of sp³-hybridized carbons (Fsp3) is 0.500. The van der Waals surface area contributed by atoms with Crippen LogP contribution in [-0.4, -0.2) is 18.2 Å². The summed E-state index contributed by atoms with van der Waals surface area (Å²) in [6.07, 6.45) is 1.00. The van der Waals surface area contributed by atoms with Crippen LogP contribution in [0.2, 0.25) is 0 Å². The van der Waals surface area contributed by atoms with Crippen LogP contribution in [0, 0.1) is 19.8 Å². The van der Waals surface area contributed by atoms with Crippen molar-refractivity contribution in [1.82, 2.24) is 5.43 Å². The van der Waals surface area contributed by atoms with Crippen LogP contribution in [-0.2, 0) is 4.79 Å². The van der Waals surface area contributed by atoms with Gasteiger partial charge in [-0.05, 0) is 50.3 Å². The van der Waals surface area contributed by atoms with Crippen molar-refractivity contribution in [2.24, 2.45) is 11.0 Å². The third-order valence-corrected chi connectivity index (χ3v) is 3.38. The van der Waals surface area contributed by atoms with E-state index in [-0.39, 0.29) is 12.5 Å². The summed E-state index contributed by atoms with van der Waals surface area (Å²) >= 11 is 0. The fourth-order valence-corrected chi connectivity index (χ4v) is 1.59. The minimum atomic E-state index is -0.242. The molecule has 0 saturated heterocycles. The Morgan fingerprint density at radius 1 is 1.40 bits per heavy atom. The number of hydrogen-bond donors (Lipinski definition) is 1. The molecule has 0 aliphatic heterocycles. The normalized spacial score (nSPS) is 12.9. The number of benzene rings is 1. The molecular weight excluding hydrogens is 252 g/mol. The van der Waals surface area contributed by atoms with E-state index in [2.05, 4.69) is 24.4 Å². The van der Waals surface area contributed by atoms with Gasteiger partial charge in [0.15, 0.2) is 6.61 Å². The first-order valence-electron chi connectivity index (χ1n) is 6.97. The average molecular weight is 276 g/mol. The van der Waals surface area contributed by atoms with Crippen molar-refractivity contribution in [3.8, 4) is 5.75 Å². The molecule has 4 heteroatoms. The summed E-state index contributed by atoms with van der Waals surface area (Å²) in [5.41, 5.74) is 5.57. The molecule has 1 amide bonds. The molecule has 1 atom stereocenters. The third-order valence-electron chi connectivity index (χ3n) is 3.38. The maximum atomic E-state index is 11.7. The molecule has 0 fully saturated rings. The molecule has 110 valence electrons. The van der Waals surface area contributed by atoms with Crippen molar-refractivity contribution < 1.29 is 9.53 Å². The van der Waals surface area contributed by atoms with Gasteiger partial charge in [0.25, 0.3) is 5.91 Å². The number of carbonyl (C=O) groups is 1. The van der Waals surface area contributed by atoms with Crippen molar-refractivity contribution >= 4 is 11.6 Å². The first kappa shape index (κ1) is 16.2. The molecule has 0 aliphatic carbocycles. The zero-order valence-corrected chi connectivity index (χ0v) is 13.0. The van der Waals surface area contributed by atoms with Gasteiger partial charge in [-0.3, -0.25) is 4.79 Å². The lowest BCUT2D eigenvalue weighted by Crippen LogP contribution is -2.26. The first-order chi connectivity index (χ1) is 9.43. The Labute approximate surface area is 121 Å². The number of hydrogen-bond acceptors (Lipinski definition) is 3. The summed E-state index contributed by atoms with van der Waals surface area (Å²) in [5, 5.41) is 4.08. The van der Waals surface area contributed by atoms with Crippen LogP contribution >= 0.6 is 0 Å². The zero-order valence-electron chi connectivity index (χ0n) is 13.0. The Morgan fingerprint density at radius 2 is 2.10 bits per heavy atom. The van der Waals surface area contributed by atoms with Gasteiger partial charge in [-0.1, -0.05) is 26.0 Å². The topological polar surface area (TPSA) is 50.7 Å². The molecule has 0 heterocycles. The molecule has 1 rings (SSSR count). The molecule has 0 aromatic heterocycles. The summed E-state index contributed by atoms with van der Waals surface area (Å²) in [4.78, 5) is 11.7. The van der Waals surface area contributed by atoms with E-state index in [1.807, 2.05) is 39.0 Å². The minimum absolute atomic E-state index is 0.0262. The van der Waals surface area contributed by atoms with Crippen molar-refractivity contribution in [3.05, 3.63) is 29.3 Å². The van der Waals surface area contributed by atoms with E-state index < -0.39 is 0 Å². The quantitative estimate of drug-likeness (QED) is 0.640. The Hall–Kier alpha value is -1.84. The predicted molar refractivity (Wildman–Crippen MR) is 82.1 cm³/mol. The van der Waals surface area contributed by atoms with Crippen LogP contribution in [0.25, 0.3) is 0 Å². The molecule has 1 aromatic carbocycles. The Balaban J connectivity index is 2.50. The second-order valence-electron chi connectivity index (χ2n) is 5.16. The van der Waals surface area contributed by atoms with Crippen LogP contribution in [0.4, 0.5) is 0 Å². The number of nitrogens with one attached hydrogen (secondary N) is 1. The summed E-state index contributed by atoms with van der Waals surface area (Å²) < 4.78 is 5.52. The number of rotatable bonds is 6. The van der Waals surface area contributed by atoms with Crippen LogP contribution in [0.5, 0.6) is 5.75 Å². The number of nitrogens with zero attached hydrogens (tertiary/aromatic N) is 1. The Kier molecular flexibility index (Phi) is 6.22. The molecule has 4 nitrogen and oxygen atoms in total. The summed E-state index contributed by atoms with van der Waals surface area (Å²) in [5.74, 6) is 0.867. The van der Waals surface area contributed by atoms with Crippen molar-refractivity contribution in [3.63, 3.8) is 0 Å². The van der Waals surface area contributed by atoms with E-state index in [1.165, 1.54) is 0 Å². The molecule has 0 aliphatic rings. The monoisotopic (exact) mass is 276 g/mol. The van der Waals surface area contributed by atoms with Gasteiger partial charge in [0.1, 0.15) is 5.75 Å². The second-order valence-corrected chi connectivity index (χ2v) is 5.16. The molecule has 0 saturated carbocycles. The van der Waals surface area contributed by atoms with Gasteiger partial charge in [0.05, 0.1) is 0 Å². The minimum Gasteiger partial charge on any atom is -0.483 e. The van der Waals surface area contributed by atoms with Crippen molar-refractivity contribution in [2.45, 2.75) is 41.0 Å². The van der Waals surface area contributed by atoms with Gasteiger partial charge >= 0.3 is 0 Å². The zero-order chi connectivity index (χ0) is 15.1. The third kappa shape index (κ3) is 5.03. The predicted octanol–water partition coefficient (Wildman–Crippen LogP) is 3.22. The molecule has 1 N–H and O–H groups in total. The van der Waals surface area contributed by atoms with E-state index in [0.29, 0.717) is 5.92 Å². The molecular formula is C16H24N2O2. The van der Waals surface area contributed by atoms with Gasteiger partial charge in [-0.25, -0.2) is 5.43 Å². The van der Waals surface area contributed by atoms with Crippen molar-refractivity contribution in [1.29, 1.82) is 0 Å². The lowest BCUT2D eigenvalue weighted by molar-refractivity contribution is -0.123.